The normalized spacial score (nSPS) is 12.4. The molecule has 0 aliphatic rings. The highest BCUT2D eigenvalue weighted by Gasteiger charge is 2.18. The van der Waals surface area contributed by atoms with E-state index in [1.54, 1.807) is 24.3 Å². The van der Waals surface area contributed by atoms with Crippen molar-refractivity contribution in [3.8, 4) is 0 Å². The minimum atomic E-state index is -3.39. The Morgan fingerprint density at radius 3 is 2.26 bits per heavy atom. The van der Waals surface area contributed by atoms with Gasteiger partial charge in [0.25, 0.3) is 0 Å². The van der Waals surface area contributed by atoms with Gasteiger partial charge in [0.15, 0.2) is 0 Å². The lowest BCUT2D eigenvalue weighted by Crippen LogP contribution is -2.32. The van der Waals surface area contributed by atoms with E-state index in [0.717, 1.165) is 12.0 Å². The Labute approximate surface area is 162 Å². The molecular weight excluding hydrogens is 360 g/mol. The van der Waals surface area contributed by atoms with Crippen LogP contribution in [0.15, 0.2) is 54.6 Å². The van der Waals surface area contributed by atoms with Crippen LogP contribution in [0.4, 0.5) is 5.69 Å². The Hall–Kier alpha value is -2.34. The van der Waals surface area contributed by atoms with Gasteiger partial charge in [0.2, 0.25) is 15.9 Å². The van der Waals surface area contributed by atoms with Crippen molar-refractivity contribution in [3.05, 3.63) is 65.7 Å². The Morgan fingerprint density at radius 1 is 1.07 bits per heavy atom. The Kier molecular flexibility index (Phi) is 7.42. The minimum absolute atomic E-state index is 0.0294. The summed E-state index contributed by atoms with van der Waals surface area (Å²) >= 11 is 0. The topological polar surface area (TPSA) is 66.5 Å². The summed E-state index contributed by atoms with van der Waals surface area (Å²) in [7, 11) is -3.39. The second-order valence-electron chi connectivity index (χ2n) is 6.71. The summed E-state index contributed by atoms with van der Waals surface area (Å²) in [6, 6.07) is 17.1. The third-order valence-corrected chi connectivity index (χ3v) is 5.63. The summed E-state index contributed by atoms with van der Waals surface area (Å²) < 4.78 is 25.5. The zero-order chi connectivity index (χ0) is 19.9. The maximum absolute atomic E-state index is 12.3. The third kappa shape index (κ3) is 6.40. The third-order valence-electron chi connectivity index (χ3n) is 4.43. The monoisotopic (exact) mass is 388 g/mol. The molecule has 6 heteroatoms. The molecule has 0 radical (unpaired) electrons. The molecule has 1 amide bonds. The van der Waals surface area contributed by atoms with Crippen molar-refractivity contribution in [2.75, 3.05) is 17.1 Å². The standard InChI is InChI=1S/C21H28N2O3S/c1-4-20(18-14-12-17(2)13-15-18)22-21(24)11-8-16-23(27(3,25)26)19-9-6-5-7-10-19/h5-7,9-10,12-15,20H,4,8,11,16H2,1-3H3,(H,22,24)/t20-/m0/s1. The number of carbonyl (C=O) groups excluding carboxylic acids is 1. The number of amides is 1. The summed E-state index contributed by atoms with van der Waals surface area (Å²) in [6.45, 7) is 4.34. The van der Waals surface area contributed by atoms with Crippen LogP contribution in [0.25, 0.3) is 0 Å². The molecule has 0 aliphatic carbocycles. The zero-order valence-corrected chi connectivity index (χ0v) is 17.0. The number of sulfonamides is 1. The molecule has 0 saturated heterocycles. The smallest absolute Gasteiger partial charge is 0.232 e. The molecule has 0 fully saturated rings. The molecule has 5 nitrogen and oxygen atoms in total. The van der Waals surface area contributed by atoms with Crippen LogP contribution in [0.5, 0.6) is 0 Å². The number of benzene rings is 2. The summed E-state index contributed by atoms with van der Waals surface area (Å²) in [5, 5.41) is 3.05. The maximum atomic E-state index is 12.3. The van der Waals surface area contributed by atoms with E-state index in [1.807, 2.05) is 44.2 Å². The number of para-hydroxylation sites is 1. The SMILES string of the molecule is CC[C@H](NC(=O)CCCN(c1ccccc1)S(C)(=O)=O)c1ccc(C)cc1. The fraction of sp³-hybridized carbons (Fsp3) is 0.381. The molecule has 27 heavy (non-hydrogen) atoms. The Morgan fingerprint density at radius 2 is 1.70 bits per heavy atom. The number of aryl methyl sites for hydroxylation is 1. The van der Waals surface area contributed by atoms with Gasteiger partial charge in [-0.05, 0) is 37.5 Å². The molecule has 0 aromatic heterocycles. The van der Waals surface area contributed by atoms with Gasteiger partial charge in [-0.15, -0.1) is 0 Å². The van der Waals surface area contributed by atoms with E-state index >= 15 is 0 Å². The first-order valence-electron chi connectivity index (χ1n) is 9.20. The minimum Gasteiger partial charge on any atom is -0.349 e. The molecule has 0 saturated carbocycles. The van der Waals surface area contributed by atoms with Crippen molar-refractivity contribution in [3.63, 3.8) is 0 Å². The van der Waals surface area contributed by atoms with Gasteiger partial charge in [-0.3, -0.25) is 9.10 Å². The fourth-order valence-electron chi connectivity index (χ4n) is 2.95. The molecule has 0 heterocycles. The summed E-state index contributed by atoms with van der Waals surface area (Å²) in [4.78, 5) is 12.3. The number of nitrogens with one attached hydrogen (secondary N) is 1. The highest BCUT2D eigenvalue weighted by Crippen LogP contribution is 2.19. The second-order valence-corrected chi connectivity index (χ2v) is 8.62. The number of nitrogens with zero attached hydrogens (tertiary/aromatic N) is 1. The molecule has 2 aromatic rings. The lowest BCUT2D eigenvalue weighted by molar-refractivity contribution is -0.121. The Bertz CT molecular complexity index is 833. The van der Waals surface area contributed by atoms with Crippen molar-refractivity contribution < 1.29 is 13.2 Å². The van der Waals surface area contributed by atoms with Gasteiger partial charge in [0.1, 0.15) is 0 Å². The average Bonchev–Trinajstić information content (AvgIpc) is 2.64. The number of rotatable bonds is 9. The van der Waals surface area contributed by atoms with Crippen LogP contribution in [0.2, 0.25) is 0 Å². The van der Waals surface area contributed by atoms with E-state index in [-0.39, 0.29) is 24.9 Å². The van der Waals surface area contributed by atoms with Crippen LogP contribution in [-0.4, -0.2) is 27.1 Å². The number of carbonyl (C=O) groups is 1. The number of hydrogen-bond acceptors (Lipinski definition) is 3. The highest BCUT2D eigenvalue weighted by molar-refractivity contribution is 7.92. The van der Waals surface area contributed by atoms with Crippen LogP contribution in [0.3, 0.4) is 0 Å². The van der Waals surface area contributed by atoms with Crippen molar-refractivity contribution >= 4 is 21.6 Å². The van der Waals surface area contributed by atoms with Crippen molar-refractivity contribution in [2.24, 2.45) is 0 Å². The van der Waals surface area contributed by atoms with Crippen molar-refractivity contribution in [2.45, 2.75) is 39.2 Å². The van der Waals surface area contributed by atoms with Crippen LogP contribution in [-0.2, 0) is 14.8 Å². The summed E-state index contributed by atoms with van der Waals surface area (Å²) in [6.07, 6.45) is 2.72. The van der Waals surface area contributed by atoms with Crippen molar-refractivity contribution in [1.29, 1.82) is 0 Å². The molecule has 1 N–H and O–H groups in total. The molecule has 1 atom stereocenters. The van der Waals surface area contributed by atoms with Crippen molar-refractivity contribution in [1.82, 2.24) is 5.32 Å². The zero-order valence-electron chi connectivity index (χ0n) is 16.2. The maximum Gasteiger partial charge on any atom is 0.232 e. The van der Waals surface area contributed by atoms with Crippen LogP contribution in [0.1, 0.15) is 43.4 Å². The molecule has 0 aliphatic heterocycles. The predicted octanol–water partition coefficient (Wildman–Crippen LogP) is 3.81. The van der Waals surface area contributed by atoms with E-state index in [4.69, 9.17) is 0 Å². The lowest BCUT2D eigenvalue weighted by atomic mass is 10.0. The van der Waals surface area contributed by atoms with E-state index in [9.17, 15) is 13.2 Å². The molecule has 0 unspecified atom stereocenters. The highest BCUT2D eigenvalue weighted by atomic mass is 32.2. The molecular formula is C21H28N2O3S. The first-order chi connectivity index (χ1) is 12.8. The van der Waals surface area contributed by atoms with Gasteiger partial charge in [-0.25, -0.2) is 8.42 Å². The fourth-order valence-corrected chi connectivity index (χ4v) is 3.92. The van der Waals surface area contributed by atoms with Crippen LogP contribution < -0.4 is 9.62 Å². The molecule has 0 bridgehead atoms. The van der Waals surface area contributed by atoms with Crippen LogP contribution in [0, 0.1) is 6.92 Å². The molecule has 2 aromatic carbocycles. The van der Waals surface area contributed by atoms with E-state index < -0.39 is 10.0 Å². The van der Waals surface area contributed by atoms with E-state index in [2.05, 4.69) is 5.32 Å². The van der Waals surface area contributed by atoms with Gasteiger partial charge in [-0.1, -0.05) is 55.0 Å². The second kappa shape index (κ2) is 9.55. The predicted molar refractivity (Wildman–Crippen MR) is 110 cm³/mol. The van der Waals surface area contributed by atoms with Gasteiger partial charge in [-0.2, -0.15) is 0 Å². The number of anilines is 1. The molecule has 0 spiro atoms. The summed E-state index contributed by atoms with van der Waals surface area (Å²) in [5.74, 6) is -0.0658. The van der Waals surface area contributed by atoms with Crippen LogP contribution >= 0.6 is 0 Å². The van der Waals surface area contributed by atoms with Gasteiger partial charge < -0.3 is 5.32 Å². The lowest BCUT2D eigenvalue weighted by Gasteiger charge is -2.22. The van der Waals surface area contributed by atoms with Gasteiger partial charge >= 0.3 is 0 Å². The summed E-state index contributed by atoms with van der Waals surface area (Å²) in [5.41, 5.74) is 2.88. The largest absolute Gasteiger partial charge is 0.349 e. The van der Waals surface area contributed by atoms with Gasteiger partial charge in [0.05, 0.1) is 18.0 Å². The van der Waals surface area contributed by atoms with E-state index in [0.29, 0.717) is 12.1 Å². The van der Waals surface area contributed by atoms with E-state index in [1.165, 1.54) is 16.1 Å². The van der Waals surface area contributed by atoms with Gasteiger partial charge in [0, 0.05) is 13.0 Å². The first-order valence-corrected chi connectivity index (χ1v) is 11.0. The number of hydrogen-bond donors (Lipinski definition) is 1. The first kappa shape index (κ1) is 21.0. The Balaban J connectivity index is 1.92. The quantitative estimate of drug-likeness (QED) is 0.710. The molecule has 146 valence electrons. The molecule has 2 rings (SSSR count). The average molecular weight is 389 g/mol.